The minimum Gasteiger partial charge on any atom is -0.324 e. The molecule has 1 saturated carbocycles. The number of imidazole rings is 1. The van der Waals surface area contributed by atoms with E-state index in [0.29, 0.717) is 12.0 Å². The molecule has 2 saturated heterocycles. The summed E-state index contributed by atoms with van der Waals surface area (Å²) in [6, 6.07) is 10.2. The van der Waals surface area contributed by atoms with Gasteiger partial charge in [-0.2, -0.15) is 0 Å². The van der Waals surface area contributed by atoms with Gasteiger partial charge in [-0.25, -0.2) is 4.98 Å². The number of nitrogens with zero attached hydrogens (tertiary/aromatic N) is 3. The molecule has 5 rings (SSSR count). The van der Waals surface area contributed by atoms with Gasteiger partial charge in [-0.1, -0.05) is 44.2 Å². The quantitative estimate of drug-likeness (QED) is 0.667. The maximum absolute atomic E-state index is 5.17. The Morgan fingerprint density at radius 2 is 1.65 bits per heavy atom. The van der Waals surface area contributed by atoms with E-state index < -0.39 is 0 Å². The van der Waals surface area contributed by atoms with Crippen LogP contribution in [0.25, 0.3) is 11.0 Å². The van der Waals surface area contributed by atoms with E-state index in [1.165, 1.54) is 101 Å². The first-order chi connectivity index (χ1) is 15.3. The van der Waals surface area contributed by atoms with Gasteiger partial charge in [-0.3, -0.25) is 0 Å². The van der Waals surface area contributed by atoms with Crippen molar-refractivity contribution in [1.29, 1.82) is 0 Å². The van der Waals surface area contributed by atoms with Crippen molar-refractivity contribution in [1.82, 2.24) is 19.8 Å². The Morgan fingerprint density at radius 3 is 2.39 bits per heavy atom. The van der Waals surface area contributed by atoms with Crippen molar-refractivity contribution in [3.63, 3.8) is 0 Å². The normalized spacial score (nSPS) is 26.5. The summed E-state index contributed by atoms with van der Waals surface area (Å²) in [5.74, 6) is 2.82. The van der Waals surface area contributed by atoms with Crippen molar-refractivity contribution in [2.24, 2.45) is 5.92 Å². The number of likely N-dealkylation sites (tertiary alicyclic amines) is 1. The van der Waals surface area contributed by atoms with Gasteiger partial charge in [0, 0.05) is 37.6 Å². The van der Waals surface area contributed by atoms with E-state index in [1.54, 1.807) is 0 Å². The fraction of sp³-hybridized carbons (Fsp3) is 0.741. The molecule has 0 spiro atoms. The zero-order chi connectivity index (χ0) is 21.0. The van der Waals surface area contributed by atoms with Gasteiger partial charge >= 0.3 is 0 Å². The fourth-order valence-electron chi connectivity index (χ4n) is 6.63. The highest BCUT2D eigenvalue weighted by atomic mass is 15.2. The molecular formula is C27H42N4. The van der Waals surface area contributed by atoms with Crippen LogP contribution in [0.3, 0.4) is 0 Å². The summed E-state index contributed by atoms with van der Waals surface area (Å²) < 4.78 is 2.66. The molecule has 0 bridgehead atoms. The standard InChI is InChI=1S/C27H42N4/c1-21(22-10-5-3-2-4-6-11-22)30-18-15-24(16-19-30)31-26-14-8-7-13-25(26)29-27(31)23-12-9-17-28-20-23/h7-8,13-14,21-24,28H,2-6,9-12,15-20H2,1H3. The molecule has 3 fully saturated rings. The van der Waals surface area contributed by atoms with Crippen molar-refractivity contribution < 1.29 is 0 Å². The lowest BCUT2D eigenvalue weighted by molar-refractivity contribution is 0.0954. The van der Waals surface area contributed by atoms with Crippen LogP contribution in [0, 0.1) is 5.92 Å². The zero-order valence-corrected chi connectivity index (χ0v) is 19.6. The van der Waals surface area contributed by atoms with Gasteiger partial charge in [0.05, 0.1) is 11.0 Å². The first-order valence-corrected chi connectivity index (χ1v) is 13.2. The van der Waals surface area contributed by atoms with E-state index in [2.05, 4.69) is 46.0 Å². The maximum atomic E-state index is 5.17. The number of nitrogens with one attached hydrogen (secondary N) is 1. The number of rotatable bonds is 4. The van der Waals surface area contributed by atoms with Crippen LogP contribution < -0.4 is 5.32 Å². The SMILES string of the molecule is CC(C1CCCCCCC1)N1CCC(n2c(C3CCCNC3)nc3ccccc32)CC1. The molecule has 2 aromatic rings. The summed E-state index contributed by atoms with van der Waals surface area (Å²) in [6.45, 7) is 7.27. The van der Waals surface area contributed by atoms with E-state index in [1.807, 2.05) is 0 Å². The second-order valence-corrected chi connectivity index (χ2v) is 10.5. The number of fused-ring (bicyclic) bond motifs is 1. The van der Waals surface area contributed by atoms with Gasteiger partial charge in [-0.15, -0.1) is 0 Å². The largest absolute Gasteiger partial charge is 0.324 e. The van der Waals surface area contributed by atoms with Gasteiger partial charge in [-0.05, 0) is 70.0 Å². The highest BCUT2D eigenvalue weighted by Crippen LogP contribution is 2.35. The third-order valence-electron chi connectivity index (χ3n) is 8.56. The van der Waals surface area contributed by atoms with Crippen LogP contribution in [-0.2, 0) is 0 Å². The molecule has 4 heteroatoms. The van der Waals surface area contributed by atoms with E-state index >= 15 is 0 Å². The molecule has 3 heterocycles. The minimum atomic E-state index is 0.563. The summed E-state index contributed by atoms with van der Waals surface area (Å²) in [6.07, 6.45) is 15.3. The molecule has 2 atom stereocenters. The Labute approximate surface area is 188 Å². The van der Waals surface area contributed by atoms with Gasteiger partial charge in [0.25, 0.3) is 0 Å². The van der Waals surface area contributed by atoms with E-state index in [9.17, 15) is 0 Å². The molecule has 1 aromatic heterocycles. The number of para-hydroxylation sites is 2. The predicted molar refractivity (Wildman–Crippen MR) is 130 cm³/mol. The first kappa shape index (κ1) is 21.5. The molecule has 31 heavy (non-hydrogen) atoms. The molecule has 1 aliphatic carbocycles. The molecule has 0 amide bonds. The maximum Gasteiger partial charge on any atom is 0.114 e. The van der Waals surface area contributed by atoms with Gasteiger partial charge < -0.3 is 14.8 Å². The lowest BCUT2D eigenvalue weighted by Crippen LogP contribution is -2.44. The molecule has 1 aromatic carbocycles. The molecule has 1 N–H and O–H groups in total. The number of hydrogen-bond acceptors (Lipinski definition) is 3. The van der Waals surface area contributed by atoms with Gasteiger partial charge in [0.1, 0.15) is 5.82 Å². The Kier molecular flexibility index (Phi) is 6.95. The highest BCUT2D eigenvalue weighted by molar-refractivity contribution is 5.76. The van der Waals surface area contributed by atoms with Crippen LogP contribution in [0.15, 0.2) is 24.3 Å². The van der Waals surface area contributed by atoms with Crippen molar-refractivity contribution in [2.45, 2.75) is 95.6 Å². The van der Waals surface area contributed by atoms with E-state index in [4.69, 9.17) is 4.98 Å². The average Bonchev–Trinajstić information content (AvgIpc) is 3.19. The molecule has 3 aliphatic rings. The monoisotopic (exact) mass is 422 g/mol. The van der Waals surface area contributed by atoms with Crippen LogP contribution in [0.2, 0.25) is 0 Å². The highest BCUT2D eigenvalue weighted by Gasteiger charge is 2.31. The second kappa shape index (κ2) is 10.0. The summed E-state index contributed by atoms with van der Waals surface area (Å²) in [5.41, 5.74) is 2.54. The smallest absolute Gasteiger partial charge is 0.114 e. The van der Waals surface area contributed by atoms with E-state index in [0.717, 1.165) is 25.0 Å². The van der Waals surface area contributed by atoms with Crippen LogP contribution in [0.4, 0.5) is 0 Å². The fourth-order valence-corrected chi connectivity index (χ4v) is 6.63. The van der Waals surface area contributed by atoms with Crippen LogP contribution >= 0.6 is 0 Å². The molecule has 2 aliphatic heterocycles. The summed E-state index contributed by atoms with van der Waals surface area (Å²) >= 11 is 0. The number of aromatic nitrogens is 2. The number of piperidine rings is 2. The number of hydrogen-bond donors (Lipinski definition) is 1. The van der Waals surface area contributed by atoms with Crippen molar-refractivity contribution >= 4 is 11.0 Å². The molecule has 170 valence electrons. The summed E-state index contributed by atoms with van der Waals surface area (Å²) in [7, 11) is 0. The third-order valence-corrected chi connectivity index (χ3v) is 8.56. The first-order valence-electron chi connectivity index (χ1n) is 13.2. The Bertz CT molecular complexity index is 821. The molecule has 2 unspecified atom stereocenters. The second-order valence-electron chi connectivity index (χ2n) is 10.5. The predicted octanol–water partition coefficient (Wildman–Crippen LogP) is 5.89. The number of benzene rings is 1. The van der Waals surface area contributed by atoms with Crippen molar-refractivity contribution in [3.05, 3.63) is 30.1 Å². The molecule has 4 nitrogen and oxygen atoms in total. The minimum absolute atomic E-state index is 0.563. The van der Waals surface area contributed by atoms with Crippen molar-refractivity contribution in [2.75, 3.05) is 26.2 Å². The molecular weight excluding hydrogens is 380 g/mol. The van der Waals surface area contributed by atoms with Gasteiger partial charge in [0.2, 0.25) is 0 Å². The Morgan fingerprint density at radius 1 is 0.903 bits per heavy atom. The Balaban J connectivity index is 1.31. The van der Waals surface area contributed by atoms with Crippen LogP contribution in [0.5, 0.6) is 0 Å². The average molecular weight is 423 g/mol. The Hall–Kier alpha value is -1.39. The summed E-state index contributed by atoms with van der Waals surface area (Å²) in [4.78, 5) is 7.99. The van der Waals surface area contributed by atoms with E-state index in [-0.39, 0.29) is 0 Å². The molecule has 0 radical (unpaired) electrons. The summed E-state index contributed by atoms with van der Waals surface area (Å²) in [5, 5.41) is 3.61. The lowest BCUT2D eigenvalue weighted by Gasteiger charge is -2.41. The zero-order valence-electron chi connectivity index (χ0n) is 19.6. The third kappa shape index (κ3) is 4.71. The van der Waals surface area contributed by atoms with Crippen LogP contribution in [0.1, 0.15) is 95.3 Å². The van der Waals surface area contributed by atoms with Crippen molar-refractivity contribution in [3.8, 4) is 0 Å². The topological polar surface area (TPSA) is 33.1 Å². The lowest BCUT2D eigenvalue weighted by atomic mass is 9.85. The van der Waals surface area contributed by atoms with Gasteiger partial charge in [0.15, 0.2) is 0 Å². The van der Waals surface area contributed by atoms with Crippen LogP contribution in [-0.4, -0.2) is 46.7 Å².